The van der Waals surface area contributed by atoms with Crippen molar-refractivity contribution in [2.75, 3.05) is 0 Å². The SMILES string of the molecule is Cc1c[nH]c(CS(=O)c2nc3ccc(F)cc3[nH]2)c(C)c1=O.[H-].[H-].[Na+].[Na+]. The van der Waals surface area contributed by atoms with Crippen LogP contribution < -0.4 is 64.5 Å². The molecule has 0 saturated heterocycles. The molecule has 2 aromatic heterocycles. The van der Waals surface area contributed by atoms with Gasteiger partial charge in [-0.15, -0.1) is 0 Å². The van der Waals surface area contributed by atoms with Crippen molar-refractivity contribution in [2.45, 2.75) is 24.8 Å². The van der Waals surface area contributed by atoms with Crippen molar-refractivity contribution in [1.29, 1.82) is 0 Å². The Morgan fingerprint density at radius 2 is 2.00 bits per heavy atom. The number of nitrogens with one attached hydrogen (secondary N) is 2. The van der Waals surface area contributed by atoms with Gasteiger partial charge in [-0.1, -0.05) is 0 Å². The molecule has 1 aromatic carbocycles. The molecule has 0 aliphatic heterocycles. The molecule has 2 N–H and O–H groups in total. The molecule has 3 rings (SSSR count). The third kappa shape index (κ3) is 4.46. The van der Waals surface area contributed by atoms with E-state index >= 15 is 0 Å². The van der Waals surface area contributed by atoms with Crippen LogP contribution in [0.25, 0.3) is 11.0 Å². The van der Waals surface area contributed by atoms with Crippen molar-refractivity contribution in [3.8, 4) is 0 Å². The van der Waals surface area contributed by atoms with Crippen molar-refractivity contribution >= 4 is 21.8 Å². The number of fused-ring (bicyclic) bond motifs is 1. The molecule has 0 saturated carbocycles. The van der Waals surface area contributed by atoms with Crippen LogP contribution in [0.5, 0.6) is 0 Å². The largest absolute Gasteiger partial charge is 1.00 e. The average Bonchev–Trinajstić information content (AvgIpc) is 2.91. The van der Waals surface area contributed by atoms with E-state index in [4.69, 9.17) is 0 Å². The molecule has 0 amide bonds. The summed E-state index contributed by atoms with van der Waals surface area (Å²) < 4.78 is 25.6. The molecule has 0 spiro atoms. The van der Waals surface area contributed by atoms with Gasteiger partial charge < -0.3 is 12.8 Å². The Morgan fingerprint density at radius 3 is 2.71 bits per heavy atom. The molecule has 1 unspecified atom stereocenters. The summed E-state index contributed by atoms with van der Waals surface area (Å²) in [5, 5.41) is 0.265. The van der Waals surface area contributed by atoms with Crippen molar-refractivity contribution in [3.05, 3.63) is 57.3 Å². The second-order valence-electron chi connectivity index (χ2n) is 5.10. The molecule has 24 heavy (non-hydrogen) atoms. The van der Waals surface area contributed by atoms with Crippen LogP contribution in [0.1, 0.15) is 19.7 Å². The Hall–Kier alpha value is -0.280. The van der Waals surface area contributed by atoms with Gasteiger partial charge in [0.05, 0.1) is 27.6 Å². The van der Waals surface area contributed by atoms with E-state index in [0.717, 1.165) is 0 Å². The maximum absolute atomic E-state index is 13.2. The normalized spacial score (nSPS) is 11.6. The minimum absolute atomic E-state index is 0. The monoisotopic (exact) mass is 367 g/mol. The van der Waals surface area contributed by atoms with Crippen LogP contribution in [0.15, 0.2) is 34.3 Å². The first-order valence-corrected chi connectivity index (χ1v) is 7.99. The number of hydrogen-bond acceptors (Lipinski definition) is 3. The van der Waals surface area contributed by atoms with Crippen LogP contribution in [0.2, 0.25) is 0 Å². The zero-order chi connectivity index (χ0) is 15.9. The van der Waals surface area contributed by atoms with Gasteiger partial charge in [0.2, 0.25) is 0 Å². The van der Waals surface area contributed by atoms with Gasteiger partial charge in [0.25, 0.3) is 0 Å². The van der Waals surface area contributed by atoms with Crippen LogP contribution in [-0.2, 0) is 16.6 Å². The predicted octanol–water partition coefficient (Wildman–Crippen LogP) is -3.45. The van der Waals surface area contributed by atoms with E-state index < -0.39 is 10.8 Å². The number of hydrogen-bond donors (Lipinski definition) is 2. The van der Waals surface area contributed by atoms with Crippen molar-refractivity contribution < 1.29 is 70.6 Å². The summed E-state index contributed by atoms with van der Waals surface area (Å²) in [6, 6.07) is 4.14. The first-order chi connectivity index (χ1) is 10.5. The number of halogens is 1. The molecule has 118 valence electrons. The summed E-state index contributed by atoms with van der Waals surface area (Å²) in [4.78, 5) is 22.0. The number of aromatic amines is 2. The fourth-order valence-corrected chi connectivity index (χ4v) is 3.34. The summed E-state index contributed by atoms with van der Waals surface area (Å²) in [5.74, 6) is -0.240. The predicted molar refractivity (Wildman–Crippen MR) is 84.9 cm³/mol. The number of imidazole rings is 1. The van der Waals surface area contributed by atoms with Gasteiger partial charge in [0, 0.05) is 23.0 Å². The number of H-pyrrole nitrogens is 2. The Balaban J connectivity index is 0. The molecule has 9 heteroatoms. The fraction of sp³-hybridized carbons (Fsp3) is 0.200. The molecule has 0 fully saturated rings. The number of aryl methyl sites for hydroxylation is 1. The van der Waals surface area contributed by atoms with E-state index in [-0.39, 0.29) is 84.1 Å². The fourth-order valence-electron chi connectivity index (χ4n) is 2.22. The smallest absolute Gasteiger partial charge is 1.00 e. The Labute approximate surface area is 187 Å². The van der Waals surface area contributed by atoms with E-state index in [2.05, 4.69) is 15.0 Å². The molecule has 2 heterocycles. The zero-order valence-corrected chi connectivity index (χ0v) is 18.9. The number of pyridine rings is 1. The number of benzene rings is 1. The number of nitrogens with zero attached hydrogens (tertiary/aromatic N) is 1. The Kier molecular flexibility index (Phi) is 8.06. The molecule has 5 nitrogen and oxygen atoms in total. The summed E-state index contributed by atoms with van der Waals surface area (Å²) >= 11 is 0. The quantitative estimate of drug-likeness (QED) is 0.473. The van der Waals surface area contributed by atoms with Gasteiger partial charge in [-0.2, -0.15) is 0 Å². The molecular formula is C15H16FN3Na2O2S. The minimum Gasteiger partial charge on any atom is -1.00 e. The van der Waals surface area contributed by atoms with Crippen LogP contribution in [0.3, 0.4) is 0 Å². The van der Waals surface area contributed by atoms with Gasteiger partial charge in [-0.3, -0.25) is 9.00 Å². The Morgan fingerprint density at radius 1 is 1.29 bits per heavy atom. The second-order valence-corrected chi connectivity index (χ2v) is 6.46. The third-order valence-electron chi connectivity index (χ3n) is 3.53. The standard InChI is InChI=1S/C15H14FN3O2S.2Na.2H/c1-8-6-17-13(9(2)14(8)20)7-22(21)15-18-11-4-3-10(16)5-12(11)19-15;;;;/h3-6H,7H2,1-2H3,(H,17,20)(H,18,19);;;;/q;2*+1;2*-1. The number of aromatic nitrogens is 3. The van der Waals surface area contributed by atoms with Crippen LogP contribution >= 0.6 is 0 Å². The molecule has 3 aromatic rings. The summed E-state index contributed by atoms with van der Waals surface area (Å²) in [5.41, 5.74) is 2.77. The topological polar surface area (TPSA) is 78.6 Å². The van der Waals surface area contributed by atoms with Crippen molar-refractivity contribution in [2.24, 2.45) is 0 Å². The first kappa shape index (κ1) is 21.8. The first-order valence-electron chi connectivity index (χ1n) is 6.67. The van der Waals surface area contributed by atoms with Crippen molar-refractivity contribution in [1.82, 2.24) is 15.0 Å². The van der Waals surface area contributed by atoms with Gasteiger partial charge in [-0.25, -0.2) is 9.37 Å². The molecule has 0 aliphatic carbocycles. The van der Waals surface area contributed by atoms with E-state index in [0.29, 0.717) is 27.9 Å². The minimum atomic E-state index is -1.46. The summed E-state index contributed by atoms with van der Waals surface area (Å²) in [6.45, 7) is 3.42. The van der Waals surface area contributed by atoms with Gasteiger partial charge >= 0.3 is 59.1 Å². The average molecular weight is 367 g/mol. The van der Waals surface area contributed by atoms with Gasteiger partial charge in [0.15, 0.2) is 10.6 Å². The molecule has 0 aliphatic rings. The van der Waals surface area contributed by atoms with Crippen LogP contribution in [-0.4, -0.2) is 19.2 Å². The molecule has 1 atom stereocenters. The second kappa shape index (κ2) is 8.89. The number of rotatable bonds is 3. The van der Waals surface area contributed by atoms with E-state index in [1.165, 1.54) is 18.2 Å². The molecule has 0 radical (unpaired) electrons. The molecule has 0 bridgehead atoms. The maximum Gasteiger partial charge on any atom is 1.00 e. The van der Waals surface area contributed by atoms with Crippen LogP contribution in [0.4, 0.5) is 4.39 Å². The summed E-state index contributed by atoms with van der Waals surface area (Å²) in [7, 11) is -1.46. The van der Waals surface area contributed by atoms with Gasteiger partial charge in [-0.05, 0) is 32.0 Å². The maximum atomic E-state index is 13.2. The summed E-state index contributed by atoms with van der Waals surface area (Å²) in [6.07, 6.45) is 1.61. The van der Waals surface area contributed by atoms with Crippen molar-refractivity contribution in [3.63, 3.8) is 0 Å². The zero-order valence-electron chi connectivity index (χ0n) is 16.1. The van der Waals surface area contributed by atoms with E-state index in [1.807, 2.05) is 0 Å². The third-order valence-corrected chi connectivity index (χ3v) is 4.70. The Bertz CT molecular complexity index is 966. The molecular weight excluding hydrogens is 351 g/mol. The van der Waals surface area contributed by atoms with E-state index in [9.17, 15) is 13.4 Å². The van der Waals surface area contributed by atoms with E-state index in [1.54, 1.807) is 20.0 Å². The van der Waals surface area contributed by atoms with Crippen LogP contribution in [0, 0.1) is 19.7 Å². The van der Waals surface area contributed by atoms with Gasteiger partial charge in [0.1, 0.15) is 5.82 Å².